The van der Waals surface area contributed by atoms with E-state index in [4.69, 9.17) is 5.11 Å². The average Bonchev–Trinajstić information content (AvgIpc) is 1.65. The van der Waals surface area contributed by atoms with Crippen LogP contribution in [0.15, 0.2) is 11.1 Å². The molecule has 0 bridgehead atoms. The Kier molecular flexibility index (Phi) is 2.87. The van der Waals surface area contributed by atoms with Gasteiger partial charge in [-0.25, -0.2) is 4.39 Å². The van der Waals surface area contributed by atoms with Crippen LogP contribution in [0.4, 0.5) is 8.78 Å². The van der Waals surface area contributed by atoms with Crippen LogP contribution < -0.4 is 0 Å². The van der Waals surface area contributed by atoms with Crippen molar-refractivity contribution >= 4 is 11.6 Å². The minimum Gasteiger partial charge on any atom is -0.389 e. The van der Waals surface area contributed by atoms with Gasteiger partial charge in [0.15, 0.2) is 5.83 Å². The highest BCUT2D eigenvalue weighted by atomic mass is 35.5. The van der Waals surface area contributed by atoms with E-state index in [0.29, 0.717) is 0 Å². The van der Waals surface area contributed by atoms with Crippen LogP contribution in [0.1, 0.15) is 0 Å². The fourth-order valence-corrected chi connectivity index (χ4v) is 0.120. The molecular formula is C3H3ClF2O. The van der Waals surface area contributed by atoms with Gasteiger partial charge in [-0.15, -0.1) is 0 Å². The lowest BCUT2D eigenvalue weighted by atomic mass is 10.6. The third-order valence-electron chi connectivity index (χ3n) is 0.344. The van der Waals surface area contributed by atoms with Crippen molar-refractivity contribution in [2.45, 2.75) is 0 Å². The molecule has 7 heavy (non-hydrogen) atoms. The highest BCUT2D eigenvalue weighted by Gasteiger charge is 1.97. The lowest BCUT2D eigenvalue weighted by molar-refractivity contribution is 0.292. The van der Waals surface area contributed by atoms with Crippen molar-refractivity contribution in [1.29, 1.82) is 0 Å². The topological polar surface area (TPSA) is 20.2 Å². The van der Waals surface area contributed by atoms with Crippen molar-refractivity contribution in [3.8, 4) is 0 Å². The zero-order chi connectivity index (χ0) is 5.86. The number of aliphatic hydroxyl groups excluding tert-OH is 1. The standard InChI is InChI=1S/C3H3ClF2O/c4-3(6)2(5)1-7/h7H,1H2/b3-2+. The SMILES string of the molecule is OC/C(F)=C(\F)Cl. The second-order valence-corrected chi connectivity index (χ2v) is 1.16. The van der Waals surface area contributed by atoms with Crippen LogP contribution in [-0.2, 0) is 0 Å². The molecular weight excluding hydrogens is 125 g/mol. The summed E-state index contributed by atoms with van der Waals surface area (Å²) in [6.07, 6.45) is 0. The summed E-state index contributed by atoms with van der Waals surface area (Å²) >= 11 is 4.41. The van der Waals surface area contributed by atoms with Crippen molar-refractivity contribution in [3.05, 3.63) is 11.1 Å². The second-order valence-electron chi connectivity index (χ2n) is 0.823. The van der Waals surface area contributed by atoms with Gasteiger partial charge in [0, 0.05) is 0 Å². The molecule has 0 aromatic carbocycles. The first-order valence-corrected chi connectivity index (χ1v) is 1.86. The maximum absolute atomic E-state index is 11.4. The van der Waals surface area contributed by atoms with Crippen molar-refractivity contribution in [1.82, 2.24) is 0 Å². The Bertz CT molecular complexity index is 86.9. The molecule has 0 rings (SSSR count). The zero-order valence-electron chi connectivity index (χ0n) is 3.29. The Labute approximate surface area is 44.2 Å². The number of hydrogen-bond acceptors (Lipinski definition) is 1. The van der Waals surface area contributed by atoms with Crippen LogP contribution in [0.2, 0.25) is 0 Å². The van der Waals surface area contributed by atoms with Gasteiger partial charge in [-0.2, -0.15) is 4.39 Å². The average molecular weight is 129 g/mol. The van der Waals surface area contributed by atoms with Crippen LogP contribution in [0.25, 0.3) is 0 Å². The summed E-state index contributed by atoms with van der Waals surface area (Å²) in [5.74, 6) is -1.33. The first kappa shape index (κ1) is 6.85. The van der Waals surface area contributed by atoms with E-state index in [0.717, 1.165) is 0 Å². The molecule has 0 radical (unpaired) electrons. The lowest BCUT2D eigenvalue weighted by Gasteiger charge is -1.83. The van der Waals surface area contributed by atoms with E-state index in [1.165, 1.54) is 0 Å². The summed E-state index contributed by atoms with van der Waals surface area (Å²) < 4.78 is 22.6. The molecule has 0 aromatic heterocycles. The largest absolute Gasteiger partial charge is 0.389 e. The van der Waals surface area contributed by atoms with Crippen LogP contribution in [0.3, 0.4) is 0 Å². The van der Waals surface area contributed by atoms with E-state index in [2.05, 4.69) is 11.6 Å². The summed E-state index contributed by atoms with van der Waals surface area (Å²) in [7, 11) is 0. The molecule has 0 saturated heterocycles. The molecule has 0 amide bonds. The molecule has 1 nitrogen and oxygen atoms in total. The van der Waals surface area contributed by atoms with E-state index in [1.54, 1.807) is 0 Å². The van der Waals surface area contributed by atoms with E-state index in [1.807, 2.05) is 0 Å². The fourth-order valence-electron chi connectivity index (χ4n) is 0.0598. The third-order valence-corrected chi connectivity index (χ3v) is 0.549. The molecule has 0 spiro atoms. The van der Waals surface area contributed by atoms with Gasteiger partial charge in [0.05, 0.1) is 6.61 Å². The Morgan fingerprint density at radius 2 is 2.00 bits per heavy atom. The monoisotopic (exact) mass is 128 g/mol. The molecule has 0 unspecified atom stereocenters. The van der Waals surface area contributed by atoms with E-state index in [9.17, 15) is 8.78 Å². The van der Waals surface area contributed by atoms with E-state index < -0.39 is 17.7 Å². The molecule has 0 atom stereocenters. The molecule has 4 heteroatoms. The van der Waals surface area contributed by atoms with Crippen molar-refractivity contribution < 1.29 is 13.9 Å². The van der Waals surface area contributed by atoms with Crippen LogP contribution in [-0.4, -0.2) is 11.7 Å². The number of aliphatic hydroxyl groups is 1. The third kappa shape index (κ3) is 2.53. The molecule has 42 valence electrons. The Hall–Kier alpha value is -0.150. The van der Waals surface area contributed by atoms with Crippen LogP contribution in [0, 0.1) is 0 Å². The molecule has 0 heterocycles. The van der Waals surface area contributed by atoms with Crippen molar-refractivity contribution in [2.24, 2.45) is 0 Å². The van der Waals surface area contributed by atoms with Gasteiger partial charge in [-0.1, -0.05) is 0 Å². The molecule has 0 aliphatic carbocycles. The smallest absolute Gasteiger partial charge is 0.223 e. The fraction of sp³-hybridized carbons (Fsp3) is 0.333. The first-order chi connectivity index (χ1) is 3.18. The molecule has 0 saturated carbocycles. The van der Waals surface area contributed by atoms with E-state index in [-0.39, 0.29) is 0 Å². The van der Waals surface area contributed by atoms with Gasteiger partial charge < -0.3 is 5.11 Å². The Morgan fingerprint density at radius 1 is 1.57 bits per heavy atom. The van der Waals surface area contributed by atoms with Gasteiger partial charge in [0.25, 0.3) is 0 Å². The number of halogens is 3. The molecule has 0 aromatic rings. The summed E-state index contributed by atoms with van der Waals surface area (Å²) in [6, 6.07) is 0. The zero-order valence-corrected chi connectivity index (χ0v) is 4.04. The molecule has 0 fully saturated rings. The normalized spacial score (nSPS) is 13.7. The lowest BCUT2D eigenvalue weighted by Crippen LogP contribution is -1.80. The molecule has 0 aliphatic heterocycles. The van der Waals surface area contributed by atoms with Gasteiger partial charge in [0.1, 0.15) is 0 Å². The highest BCUT2D eigenvalue weighted by molar-refractivity contribution is 6.28. The summed E-state index contributed by atoms with van der Waals surface area (Å²) in [5.41, 5.74) is 0. The maximum atomic E-state index is 11.4. The Morgan fingerprint density at radius 3 is 2.00 bits per heavy atom. The molecule has 0 aliphatic rings. The first-order valence-electron chi connectivity index (χ1n) is 1.49. The van der Waals surface area contributed by atoms with Gasteiger partial charge in [-0.3, -0.25) is 0 Å². The quantitative estimate of drug-likeness (QED) is 0.565. The van der Waals surface area contributed by atoms with Crippen LogP contribution in [0.5, 0.6) is 0 Å². The van der Waals surface area contributed by atoms with Gasteiger partial charge in [-0.05, 0) is 11.6 Å². The summed E-state index contributed by atoms with van der Waals surface area (Å²) in [5, 5.41) is 6.26. The predicted molar refractivity (Wildman–Crippen MR) is 22.2 cm³/mol. The van der Waals surface area contributed by atoms with Crippen LogP contribution >= 0.6 is 11.6 Å². The van der Waals surface area contributed by atoms with Gasteiger partial charge in [0.2, 0.25) is 5.29 Å². The van der Waals surface area contributed by atoms with Gasteiger partial charge >= 0.3 is 0 Å². The number of hydrogen-bond donors (Lipinski definition) is 1. The van der Waals surface area contributed by atoms with Crippen molar-refractivity contribution in [2.75, 3.05) is 6.61 Å². The summed E-state index contributed by atoms with van der Waals surface area (Å²) in [4.78, 5) is 0. The molecule has 1 N–H and O–H groups in total. The minimum absolute atomic E-state index is 0.977. The maximum Gasteiger partial charge on any atom is 0.223 e. The minimum atomic E-state index is -1.48. The highest BCUT2D eigenvalue weighted by Crippen LogP contribution is 2.09. The predicted octanol–water partition coefficient (Wildman–Crippen LogP) is 1.33. The second kappa shape index (κ2) is 2.93. The number of rotatable bonds is 1. The van der Waals surface area contributed by atoms with Crippen molar-refractivity contribution in [3.63, 3.8) is 0 Å². The summed E-state index contributed by atoms with van der Waals surface area (Å²) in [6.45, 7) is -0.977. The van der Waals surface area contributed by atoms with E-state index >= 15 is 0 Å². The Balaban J connectivity index is 3.72.